The van der Waals surface area contributed by atoms with E-state index >= 15 is 0 Å². The summed E-state index contributed by atoms with van der Waals surface area (Å²) in [7, 11) is 0. The molecule has 174 valence electrons. The second kappa shape index (κ2) is 10.0. The third kappa shape index (κ3) is 5.07. The summed E-state index contributed by atoms with van der Waals surface area (Å²) in [5.74, 6) is -0.289. The summed E-state index contributed by atoms with van der Waals surface area (Å²) < 4.78 is 1.81. The van der Waals surface area contributed by atoms with Gasteiger partial charge in [0.1, 0.15) is 0 Å². The van der Waals surface area contributed by atoms with E-state index in [2.05, 4.69) is 20.7 Å². The van der Waals surface area contributed by atoms with Crippen LogP contribution in [0.2, 0.25) is 0 Å². The molecule has 1 atom stereocenters. The average Bonchev–Trinajstić information content (AvgIpc) is 3.46. The van der Waals surface area contributed by atoms with Gasteiger partial charge >= 0.3 is 0 Å². The van der Waals surface area contributed by atoms with Gasteiger partial charge in [0.05, 0.1) is 34.9 Å². The number of aryl methyl sites for hydroxylation is 1. The maximum Gasteiger partial charge on any atom is 0.260 e. The number of rotatable bonds is 7. The Kier molecular flexibility index (Phi) is 6.88. The number of hydrogen-bond donors (Lipinski definition) is 2. The largest absolute Gasteiger partial charge is 0.350 e. The van der Waals surface area contributed by atoms with E-state index in [-0.39, 0.29) is 17.9 Å². The first kappa shape index (κ1) is 23.4. The van der Waals surface area contributed by atoms with E-state index in [9.17, 15) is 9.59 Å². The molecule has 2 amide bonds. The minimum Gasteiger partial charge on any atom is -0.350 e. The Bertz CT molecular complexity index is 1310. The van der Waals surface area contributed by atoms with Gasteiger partial charge in [-0.2, -0.15) is 5.10 Å². The van der Waals surface area contributed by atoms with E-state index in [1.54, 1.807) is 6.20 Å². The molecule has 2 aromatic carbocycles. The van der Waals surface area contributed by atoms with Gasteiger partial charge in [-0.25, -0.2) is 9.67 Å². The zero-order valence-electron chi connectivity index (χ0n) is 19.6. The Morgan fingerprint density at radius 2 is 1.79 bits per heavy atom. The summed E-state index contributed by atoms with van der Waals surface area (Å²) in [6, 6.07) is 15.9. The van der Waals surface area contributed by atoms with Crippen molar-refractivity contribution in [3.63, 3.8) is 0 Å². The van der Waals surface area contributed by atoms with Crippen molar-refractivity contribution in [2.24, 2.45) is 0 Å². The average molecular weight is 474 g/mol. The van der Waals surface area contributed by atoms with Gasteiger partial charge in [0.25, 0.3) is 5.91 Å². The Balaban J connectivity index is 1.49. The molecule has 4 aromatic rings. The van der Waals surface area contributed by atoms with Crippen LogP contribution in [-0.4, -0.2) is 26.6 Å². The van der Waals surface area contributed by atoms with Crippen LogP contribution in [0.15, 0.2) is 60.1 Å². The van der Waals surface area contributed by atoms with Crippen molar-refractivity contribution in [3.8, 4) is 16.9 Å². The van der Waals surface area contributed by atoms with Crippen LogP contribution in [0.5, 0.6) is 0 Å². The maximum atomic E-state index is 13.0. The molecule has 2 aromatic heterocycles. The molecule has 0 saturated heterocycles. The second-order valence-electron chi connectivity index (χ2n) is 8.14. The van der Waals surface area contributed by atoms with Crippen LogP contribution in [0.3, 0.4) is 0 Å². The number of nitrogens with zero attached hydrogens (tertiary/aromatic N) is 3. The van der Waals surface area contributed by atoms with E-state index in [0.717, 1.165) is 28.2 Å². The molecule has 0 aliphatic heterocycles. The fraction of sp³-hybridized carbons (Fsp3) is 0.231. The molecule has 0 spiro atoms. The first-order chi connectivity index (χ1) is 16.4. The standard InChI is InChI=1S/C26H27N5O2S/c1-5-24-22(14-27-31(24)21-12-6-16(2)7-13-21)25(33)30-26-29-23(15-34-26)20-10-8-19(9-11-20)17(3)28-18(4)32/h6-15,17H,5H2,1-4H3,(H,28,32)(H,29,30,33). The van der Waals surface area contributed by atoms with Crippen molar-refractivity contribution in [3.05, 3.63) is 82.5 Å². The van der Waals surface area contributed by atoms with Crippen molar-refractivity contribution in [1.29, 1.82) is 0 Å². The van der Waals surface area contributed by atoms with Gasteiger partial charge in [0, 0.05) is 17.9 Å². The minimum absolute atomic E-state index is 0.0629. The van der Waals surface area contributed by atoms with Crippen molar-refractivity contribution >= 4 is 28.3 Å². The molecule has 2 N–H and O–H groups in total. The quantitative estimate of drug-likeness (QED) is 0.380. The number of amides is 2. The van der Waals surface area contributed by atoms with Crippen LogP contribution >= 0.6 is 11.3 Å². The topological polar surface area (TPSA) is 88.9 Å². The lowest BCUT2D eigenvalue weighted by Gasteiger charge is -2.13. The minimum atomic E-state index is -0.226. The first-order valence-electron chi connectivity index (χ1n) is 11.1. The summed E-state index contributed by atoms with van der Waals surface area (Å²) in [6.07, 6.45) is 2.28. The van der Waals surface area contributed by atoms with Gasteiger partial charge in [-0.05, 0) is 38.0 Å². The molecule has 0 aliphatic rings. The molecule has 0 bridgehead atoms. The SMILES string of the molecule is CCc1c(C(=O)Nc2nc(-c3ccc(C(C)NC(C)=O)cc3)cs2)cnn1-c1ccc(C)cc1. The highest BCUT2D eigenvalue weighted by atomic mass is 32.1. The number of benzene rings is 2. The van der Waals surface area contributed by atoms with Crippen molar-refractivity contribution in [2.75, 3.05) is 5.32 Å². The third-order valence-corrected chi connectivity index (χ3v) is 6.34. The van der Waals surface area contributed by atoms with E-state index < -0.39 is 0 Å². The molecule has 2 heterocycles. The zero-order chi connectivity index (χ0) is 24.2. The molecule has 8 heteroatoms. The van der Waals surface area contributed by atoms with Crippen molar-refractivity contribution in [1.82, 2.24) is 20.1 Å². The normalized spacial score (nSPS) is 11.8. The number of thiazole rings is 1. The molecule has 4 rings (SSSR count). The molecule has 0 aliphatic carbocycles. The van der Waals surface area contributed by atoms with E-state index in [4.69, 9.17) is 0 Å². The zero-order valence-corrected chi connectivity index (χ0v) is 20.4. The van der Waals surface area contributed by atoms with Gasteiger partial charge in [0.2, 0.25) is 5.91 Å². The van der Waals surface area contributed by atoms with Crippen LogP contribution in [0.25, 0.3) is 16.9 Å². The Hall–Kier alpha value is -3.78. The molecule has 0 fully saturated rings. The maximum absolute atomic E-state index is 13.0. The van der Waals surface area contributed by atoms with Gasteiger partial charge in [-0.15, -0.1) is 11.3 Å². The highest BCUT2D eigenvalue weighted by Crippen LogP contribution is 2.27. The molecule has 0 saturated carbocycles. The number of nitrogens with one attached hydrogen (secondary N) is 2. The lowest BCUT2D eigenvalue weighted by atomic mass is 10.1. The van der Waals surface area contributed by atoms with Crippen LogP contribution in [0.1, 0.15) is 54.0 Å². The first-order valence-corrected chi connectivity index (χ1v) is 12.0. The van der Waals surface area contributed by atoms with Gasteiger partial charge in [0.15, 0.2) is 5.13 Å². The fourth-order valence-corrected chi connectivity index (χ4v) is 4.49. The lowest BCUT2D eigenvalue weighted by Crippen LogP contribution is -2.23. The third-order valence-electron chi connectivity index (χ3n) is 5.58. The molecule has 1 unspecified atom stereocenters. The second-order valence-corrected chi connectivity index (χ2v) is 9.00. The highest BCUT2D eigenvalue weighted by molar-refractivity contribution is 7.14. The summed E-state index contributed by atoms with van der Waals surface area (Å²) in [6.45, 7) is 7.50. The van der Waals surface area contributed by atoms with Gasteiger partial charge in [-0.3, -0.25) is 14.9 Å². The van der Waals surface area contributed by atoms with Gasteiger partial charge < -0.3 is 5.32 Å². The highest BCUT2D eigenvalue weighted by Gasteiger charge is 2.18. The van der Waals surface area contributed by atoms with E-state index in [1.165, 1.54) is 23.8 Å². The van der Waals surface area contributed by atoms with Crippen LogP contribution in [0.4, 0.5) is 5.13 Å². The van der Waals surface area contributed by atoms with E-state index in [1.807, 2.05) is 79.4 Å². The van der Waals surface area contributed by atoms with E-state index in [0.29, 0.717) is 17.1 Å². The lowest BCUT2D eigenvalue weighted by molar-refractivity contribution is -0.119. The molecule has 34 heavy (non-hydrogen) atoms. The summed E-state index contributed by atoms with van der Waals surface area (Å²) in [4.78, 5) is 28.9. The summed E-state index contributed by atoms with van der Waals surface area (Å²) >= 11 is 1.38. The number of hydrogen-bond acceptors (Lipinski definition) is 5. The predicted octanol–water partition coefficient (Wildman–Crippen LogP) is 5.32. The number of carbonyl (C=O) groups excluding carboxylic acids is 2. The summed E-state index contributed by atoms with van der Waals surface area (Å²) in [5, 5.41) is 12.7. The number of aromatic nitrogens is 3. The van der Waals surface area contributed by atoms with Crippen molar-refractivity contribution in [2.45, 2.75) is 40.2 Å². The van der Waals surface area contributed by atoms with Crippen LogP contribution in [-0.2, 0) is 11.2 Å². The summed E-state index contributed by atoms with van der Waals surface area (Å²) in [5.41, 5.74) is 6.22. The Morgan fingerprint density at radius 3 is 2.44 bits per heavy atom. The molecule has 7 nitrogen and oxygen atoms in total. The smallest absolute Gasteiger partial charge is 0.260 e. The Labute approximate surface area is 202 Å². The predicted molar refractivity (Wildman–Crippen MR) is 135 cm³/mol. The number of carbonyl (C=O) groups is 2. The fourth-order valence-electron chi connectivity index (χ4n) is 3.77. The molecular weight excluding hydrogens is 446 g/mol. The Morgan fingerprint density at radius 1 is 1.09 bits per heavy atom. The monoisotopic (exact) mass is 473 g/mol. The van der Waals surface area contributed by atoms with Crippen LogP contribution in [0, 0.1) is 6.92 Å². The molecule has 0 radical (unpaired) electrons. The molecular formula is C26H27N5O2S. The van der Waals surface area contributed by atoms with Gasteiger partial charge in [-0.1, -0.05) is 48.9 Å². The van der Waals surface area contributed by atoms with Crippen molar-refractivity contribution < 1.29 is 9.59 Å². The van der Waals surface area contributed by atoms with Crippen LogP contribution < -0.4 is 10.6 Å². The number of anilines is 1.